The molecule has 168 valence electrons. The molecule has 0 spiro atoms. The molecule has 0 saturated heterocycles. The van der Waals surface area contributed by atoms with Crippen LogP contribution in [0.1, 0.15) is 17.0 Å². The van der Waals surface area contributed by atoms with Crippen molar-refractivity contribution in [1.29, 1.82) is 0 Å². The molecule has 10 heteroatoms. The number of hydrogen-bond donors (Lipinski definition) is 1. The van der Waals surface area contributed by atoms with Gasteiger partial charge in [-0.05, 0) is 24.6 Å². The van der Waals surface area contributed by atoms with E-state index in [9.17, 15) is 9.59 Å². The van der Waals surface area contributed by atoms with E-state index in [-0.39, 0.29) is 45.5 Å². The van der Waals surface area contributed by atoms with Crippen molar-refractivity contribution in [1.82, 2.24) is 5.32 Å². The minimum Gasteiger partial charge on any atom is -0.490 e. The smallest absolute Gasteiger partial charge is 0.287 e. The molecule has 1 aromatic heterocycles. The van der Waals surface area contributed by atoms with E-state index < -0.39 is 5.91 Å². The van der Waals surface area contributed by atoms with Crippen molar-refractivity contribution < 1.29 is 18.7 Å². The van der Waals surface area contributed by atoms with E-state index in [1.807, 2.05) is 0 Å². The quantitative estimate of drug-likeness (QED) is 0.353. The number of hydrogen-bond acceptors (Lipinski definition) is 5. The number of para-hydroxylation sites is 1. The monoisotopic (exact) mass is 515 g/mol. The van der Waals surface area contributed by atoms with Crippen LogP contribution in [0, 0.1) is 0 Å². The van der Waals surface area contributed by atoms with Crippen LogP contribution in [0.3, 0.4) is 0 Å². The van der Waals surface area contributed by atoms with Crippen LogP contribution in [0.2, 0.25) is 10.0 Å². The topological polar surface area (TPSA) is 77.8 Å². The molecule has 0 fully saturated rings. The SMILES string of the molecule is O=C(NCCCOc1c(Cl)cc(OCC=C(Cl)Cl)cc1Cl)c1cc(=O)c2ccccc2o1. The molecule has 0 aliphatic heterocycles. The van der Waals surface area contributed by atoms with Gasteiger partial charge < -0.3 is 19.2 Å². The van der Waals surface area contributed by atoms with Gasteiger partial charge in [0.25, 0.3) is 5.91 Å². The van der Waals surface area contributed by atoms with Gasteiger partial charge in [-0.2, -0.15) is 0 Å². The Morgan fingerprint density at radius 2 is 1.78 bits per heavy atom. The Bertz CT molecular complexity index is 1180. The maximum atomic E-state index is 12.3. The van der Waals surface area contributed by atoms with E-state index in [1.165, 1.54) is 12.1 Å². The summed E-state index contributed by atoms with van der Waals surface area (Å²) in [6.07, 6.45) is 1.94. The normalized spacial score (nSPS) is 10.6. The van der Waals surface area contributed by atoms with Crippen LogP contribution in [-0.2, 0) is 0 Å². The molecular weight excluding hydrogens is 500 g/mol. The van der Waals surface area contributed by atoms with Crippen LogP contribution in [0.4, 0.5) is 0 Å². The Morgan fingerprint density at radius 1 is 1.06 bits per heavy atom. The maximum Gasteiger partial charge on any atom is 0.287 e. The van der Waals surface area contributed by atoms with Crippen LogP contribution in [-0.4, -0.2) is 25.7 Å². The van der Waals surface area contributed by atoms with Crippen molar-refractivity contribution in [3.8, 4) is 11.5 Å². The maximum absolute atomic E-state index is 12.3. The van der Waals surface area contributed by atoms with E-state index in [0.717, 1.165) is 0 Å². The van der Waals surface area contributed by atoms with Crippen molar-refractivity contribution in [2.75, 3.05) is 19.8 Å². The summed E-state index contributed by atoms with van der Waals surface area (Å²) in [4.78, 5) is 24.4. The van der Waals surface area contributed by atoms with Crippen molar-refractivity contribution in [2.45, 2.75) is 6.42 Å². The van der Waals surface area contributed by atoms with Gasteiger partial charge in [0.2, 0.25) is 0 Å². The van der Waals surface area contributed by atoms with Gasteiger partial charge in [0.1, 0.15) is 22.4 Å². The molecule has 0 unspecified atom stereocenters. The fourth-order valence-corrected chi connectivity index (χ4v) is 3.41. The number of rotatable bonds is 9. The fraction of sp³-hybridized carbons (Fsp3) is 0.182. The minimum absolute atomic E-state index is 0.0541. The van der Waals surface area contributed by atoms with Gasteiger partial charge >= 0.3 is 0 Å². The Labute approximate surface area is 203 Å². The summed E-state index contributed by atoms with van der Waals surface area (Å²) in [5.74, 6) is 0.193. The summed E-state index contributed by atoms with van der Waals surface area (Å²) in [7, 11) is 0. The second-order valence-electron chi connectivity index (χ2n) is 6.45. The Morgan fingerprint density at radius 3 is 2.50 bits per heavy atom. The number of carbonyl (C=O) groups is 1. The zero-order valence-electron chi connectivity index (χ0n) is 16.5. The average Bonchev–Trinajstić information content (AvgIpc) is 2.74. The molecule has 0 bridgehead atoms. The summed E-state index contributed by atoms with van der Waals surface area (Å²) < 4.78 is 16.7. The van der Waals surface area contributed by atoms with E-state index in [0.29, 0.717) is 28.9 Å². The number of benzene rings is 2. The Balaban J connectivity index is 1.50. The zero-order valence-corrected chi connectivity index (χ0v) is 19.5. The van der Waals surface area contributed by atoms with E-state index in [2.05, 4.69) is 5.32 Å². The highest BCUT2D eigenvalue weighted by Crippen LogP contribution is 2.37. The lowest BCUT2D eigenvalue weighted by molar-refractivity contribution is 0.0924. The highest BCUT2D eigenvalue weighted by Gasteiger charge is 2.13. The van der Waals surface area contributed by atoms with Crippen molar-refractivity contribution >= 4 is 63.3 Å². The van der Waals surface area contributed by atoms with Crippen LogP contribution in [0.15, 0.2) is 62.2 Å². The molecule has 3 aromatic rings. The third kappa shape index (κ3) is 6.56. The number of halogens is 4. The fourth-order valence-electron chi connectivity index (χ4n) is 2.71. The van der Waals surface area contributed by atoms with E-state index in [1.54, 1.807) is 36.4 Å². The third-order valence-corrected chi connectivity index (χ3v) is 5.04. The molecule has 1 amide bonds. The summed E-state index contributed by atoms with van der Waals surface area (Å²) in [6.45, 7) is 0.690. The first-order valence-corrected chi connectivity index (χ1v) is 10.9. The zero-order chi connectivity index (χ0) is 23.1. The van der Waals surface area contributed by atoms with Crippen molar-refractivity contribution in [3.63, 3.8) is 0 Å². The van der Waals surface area contributed by atoms with Gasteiger partial charge in [-0.3, -0.25) is 9.59 Å². The number of nitrogens with one attached hydrogen (secondary N) is 1. The number of amides is 1. The van der Waals surface area contributed by atoms with Crippen molar-refractivity contribution in [2.24, 2.45) is 0 Å². The third-order valence-electron chi connectivity index (χ3n) is 4.17. The van der Waals surface area contributed by atoms with E-state index >= 15 is 0 Å². The van der Waals surface area contributed by atoms with Gasteiger partial charge in [-0.1, -0.05) is 58.5 Å². The molecule has 1 N–H and O–H groups in total. The van der Waals surface area contributed by atoms with Crippen LogP contribution in [0.25, 0.3) is 11.0 Å². The predicted octanol–water partition coefficient (Wildman–Crippen LogP) is 6.00. The van der Waals surface area contributed by atoms with Gasteiger partial charge in [0, 0.05) is 24.7 Å². The first-order valence-electron chi connectivity index (χ1n) is 9.42. The molecular formula is C22H17Cl4NO5. The van der Waals surface area contributed by atoms with Gasteiger partial charge in [0.05, 0.1) is 22.0 Å². The van der Waals surface area contributed by atoms with Crippen LogP contribution < -0.4 is 20.2 Å². The molecule has 0 atom stereocenters. The highest BCUT2D eigenvalue weighted by molar-refractivity contribution is 6.55. The number of carbonyl (C=O) groups excluding carboxylic acids is 1. The van der Waals surface area contributed by atoms with E-state index in [4.69, 9.17) is 60.3 Å². The molecule has 32 heavy (non-hydrogen) atoms. The molecule has 1 heterocycles. The largest absolute Gasteiger partial charge is 0.490 e. The number of fused-ring (bicyclic) bond motifs is 1. The molecule has 0 aliphatic rings. The Kier molecular flexibility index (Phi) is 8.70. The Hall–Kier alpha value is -2.38. The summed E-state index contributed by atoms with van der Waals surface area (Å²) >= 11 is 23.5. The summed E-state index contributed by atoms with van der Waals surface area (Å²) in [5, 5.41) is 3.65. The standard InChI is InChI=1S/C22H17Cl4NO5/c23-15-10-13(30-9-6-20(25)26)11-16(24)21(15)31-8-3-7-27-22(29)19-12-17(28)14-4-1-2-5-18(14)32-19/h1-2,4-6,10-12H,3,7-9H2,(H,27,29). The molecule has 6 nitrogen and oxygen atoms in total. The average molecular weight is 517 g/mol. The highest BCUT2D eigenvalue weighted by atomic mass is 35.5. The van der Waals surface area contributed by atoms with Gasteiger partial charge in [0.15, 0.2) is 16.9 Å². The van der Waals surface area contributed by atoms with Crippen LogP contribution >= 0.6 is 46.4 Å². The second-order valence-corrected chi connectivity index (χ2v) is 8.27. The lowest BCUT2D eigenvalue weighted by Crippen LogP contribution is -2.26. The summed E-state index contributed by atoms with van der Waals surface area (Å²) in [6, 6.07) is 11.0. The minimum atomic E-state index is -0.489. The van der Waals surface area contributed by atoms with Crippen molar-refractivity contribution in [3.05, 3.63) is 79.1 Å². The first-order chi connectivity index (χ1) is 15.3. The molecule has 0 aliphatic carbocycles. The second kappa shape index (κ2) is 11.5. The molecule has 2 aromatic carbocycles. The van der Waals surface area contributed by atoms with Gasteiger partial charge in [-0.15, -0.1) is 0 Å². The van der Waals surface area contributed by atoms with Gasteiger partial charge in [-0.25, -0.2) is 0 Å². The lowest BCUT2D eigenvalue weighted by atomic mass is 10.2. The van der Waals surface area contributed by atoms with Crippen LogP contribution in [0.5, 0.6) is 11.5 Å². The first kappa shape index (κ1) is 24.3. The predicted molar refractivity (Wildman–Crippen MR) is 127 cm³/mol. The molecule has 3 rings (SSSR count). The molecule has 0 radical (unpaired) electrons. The lowest BCUT2D eigenvalue weighted by Gasteiger charge is -2.12. The summed E-state index contributed by atoms with van der Waals surface area (Å²) in [5.41, 5.74) is 0.0748. The molecule has 0 saturated carbocycles. The number of ether oxygens (including phenoxy) is 2.